The van der Waals surface area contributed by atoms with Crippen molar-refractivity contribution >= 4 is 5.82 Å². The minimum Gasteiger partial charge on any atom is -0.353 e. The second kappa shape index (κ2) is 5.49. The molecule has 0 amide bonds. The lowest BCUT2D eigenvalue weighted by atomic mass is 10.2. The summed E-state index contributed by atoms with van der Waals surface area (Å²) in [5.74, 6) is 2.15. The van der Waals surface area contributed by atoms with Crippen LogP contribution in [0.4, 0.5) is 5.82 Å². The van der Waals surface area contributed by atoms with Gasteiger partial charge in [-0.15, -0.1) is 0 Å². The van der Waals surface area contributed by atoms with E-state index in [0.717, 1.165) is 24.9 Å². The molecule has 0 radical (unpaired) electrons. The molecule has 0 bridgehead atoms. The summed E-state index contributed by atoms with van der Waals surface area (Å²) >= 11 is 0. The van der Waals surface area contributed by atoms with Gasteiger partial charge in [-0.1, -0.05) is 6.92 Å². The van der Waals surface area contributed by atoms with E-state index in [1.54, 1.807) is 0 Å². The summed E-state index contributed by atoms with van der Waals surface area (Å²) in [5, 5.41) is 3.25. The minimum absolute atomic E-state index is 0.766. The summed E-state index contributed by atoms with van der Waals surface area (Å²) in [6.45, 7) is 4.35. The Morgan fingerprint density at radius 2 is 2.05 bits per heavy atom. The fraction of sp³-hybridized carbons (Fsp3) is 0.688. The number of anilines is 1. The van der Waals surface area contributed by atoms with Crippen molar-refractivity contribution in [3.8, 4) is 0 Å². The Balaban J connectivity index is 1.84. The van der Waals surface area contributed by atoms with Gasteiger partial charge in [-0.05, 0) is 62.8 Å². The predicted molar refractivity (Wildman–Crippen MR) is 79.5 cm³/mol. The highest BCUT2D eigenvalue weighted by Gasteiger charge is 2.34. The van der Waals surface area contributed by atoms with E-state index in [0.29, 0.717) is 0 Å². The number of hydrogen-bond acceptors (Lipinski definition) is 3. The quantitative estimate of drug-likeness (QED) is 0.816. The Hall–Kier alpha value is -1.09. The standard InChI is InChI=1S/C16H25N3/c1-3-14-8-13(10-17-2)9-16(18-14)19(15-6-7-15)11-12-4-5-12/h8-9,12,15,17H,3-7,10-11H2,1-2H3. The smallest absolute Gasteiger partial charge is 0.129 e. The molecule has 3 heteroatoms. The predicted octanol–water partition coefficient (Wildman–Crippen LogP) is 2.74. The van der Waals surface area contributed by atoms with E-state index in [4.69, 9.17) is 4.98 Å². The Morgan fingerprint density at radius 3 is 2.63 bits per heavy atom. The molecule has 0 spiro atoms. The Morgan fingerprint density at radius 1 is 1.26 bits per heavy atom. The first kappa shape index (κ1) is 12.9. The van der Waals surface area contributed by atoms with Crippen LogP contribution in [0.25, 0.3) is 0 Å². The lowest BCUT2D eigenvalue weighted by molar-refractivity contribution is 0.704. The van der Waals surface area contributed by atoms with Crippen LogP contribution in [0.3, 0.4) is 0 Å². The highest BCUT2D eigenvalue weighted by molar-refractivity contribution is 5.45. The van der Waals surface area contributed by atoms with E-state index in [9.17, 15) is 0 Å². The van der Waals surface area contributed by atoms with Crippen LogP contribution in [0, 0.1) is 5.92 Å². The fourth-order valence-corrected chi connectivity index (χ4v) is 2.66. The summed E-state index contributed by atoms with van der Waals surface area (Å²) in [7, 11) is 2.01. The molecule has 0 saturated heterocycles. The summed E-state index contributed by atoms with van der Waals surface area (Å²) in [6, 6.07) is 5.29. The monoisotopic (exact) mass is 259 g/mol. The van der Waals surface area contributed by atoms with Crippen molar-refractivity contribution in [3.05, 3.63) is 23.4 Å². The highest BCUT2D eigenvalue weighted by atomic mass is 15.2. The van der Waals surface area contributed by atoms with E-state index in [-0.39, 0.29) is 0 Å². The first-order valence-corrected chi connectivity index (χ1v) is 7.71. The van der Waals surface area contributed by atoms with Crippen LogP contribution in [0.15, 0.2) is 12.1 Å². The molecule has 0 atom stereocenters. The van der Waals surface area contributed by atoms with Crippen LogP contribution in [0.5, 0.6) is 0 Å². The third-order valence-electron chi connectivity index (χ3n) is 4.10. The zero-order chi connectivity index (χ0) is 13.2. The lowest BCUT2D eigenvalue weighted by Crippen LogP contribution is -2.29. The Kier molecular flexibility index (Phi) is 3.74. The van der Waals surface area contributed by atoms with E-state index < -0.39 is 0 Å². The van der Waals surface area contributed by atoms with Gasteiger partial charge in [0.1, 0.15) is 5.82 Å². The Labute approximate surface area is 116 Å². The van der Waals surface area contributed by atoms with Gasteiger partial charge in [0.05, 0.1) is 0 Å². The molecule has 3 nitrogen and oxygen atoms in total. The van der Waals surface area contributed by atoms with Crippen molar-refractivity contribution < 1.29 is 0 Å². The lowest BCUT2D eigenvalue weighted by Gasteiger charge is -2.24. The van der Waals surface area contributed by atoms with Crippen molar-refractivity contribution in [3.63, 3.8) is 0 Å². The van der Waals surface area contributed by atoms with Gasteiger partial charge in [-0.3, -0.25) is 0 Å². The van der Waals surface area contributed by atoms with E-state index in [1.807, 2.05) is 7.05 Å². The van der Waals surface area contributed by atoms with Crippen LogP contribution < -0.4 is 10.2 Å². The average Bonchev–Trinajstić information content (AvgIpc) is 3.28. The van der Waals surface area contributed by atoms with Crippen LogP contribution in [-0.4, -0.2) is 24.6 Å². The second-order valence-electron chi connectivity index (χ2n) is 6.04. The minimum atomic E-state index is 0.766. The molecule has 2 saturated carbocycles. The van der Waals surface area contributed by atoms with Crippen molar-refractivity contribution in [2.45, 2.75) is 51.6 Å². The zero-order valence-electron chi connectivity index (χ0n) is 12.2. The first-order chi connectivity index (χ1) is 9.30. The molecule has 1 N–H and O–H groups in total. The van der Waals surface area contributed by atoms with Crippen LogP contribution in [0.1, 0.15) is 43.9 Å². The molecule has 2 aliphatic rings. The van der Waals surface area contributed by atoms with Gasteiger partial charge in [0, 0.05) is 24.8 Å². The maximum atomic E-state index is 4.87. The van der Waals surface area contributed by atoms with Crippen molar-refractivity contribution in [2.75, 3.05) is 18.5 Å². The number of pyridine rings is 1. The van der Waals surface area contributed by atoms with Gasteiger partial charge in [0.15, 0.2) is 0 Å². The number of rotatable bonds is 7. The van der Waals surface area contributed by atoms with Gasteiger partial charge in [0.25, 0.3) is 0 Å². The molecule has 0 aliphatic heterocycles. The van der Waals surface area contributed by atoms with Crippen molar-refractivity contribution in [1.29, 1.82) is 0 Å². The largest absolute Gasteiger partial charge is 0.353 e. The molecule has 1 aromatic heterocycles. The van der Waals surface area contributed by atoms with Crippen LogP contribution >= 0.6 is 0 Å². The molecule has 3 rings (SSSR count). The zero-order valence-corrected chi connectivity index (χ0v) is 12.2. The first-order valence-electron chi connectivity index (χ1n) is 7.71. The summed E-state index contributed by atoms with van der Waals surface area (Å²) in [5.41, 5.74) is 2.59. The summed E-state index contributed by atoms with van der Waals surface area (Å²) in [6.07, 6.45) is 6.56. The molecule has 0 unspecified atom stereocenters. The second-order valence-corrected chi connectivity index (χ2v) is 6.04. The average molecular weight is 259 g/mol. The molecule has 1 heterocycles. The van der Waals surface area contributed by atoms with Crippen LogP contribution in [0.2, 0.25) is 0 Å². The summed E-state index contributed by atoms with van der Waals surface area (Å²) in [4.78, 5) is 7.45. The van der Waals surface area contributed by atoms with E-state index >= 15 is 0 Å². The van der Waals surface area contributed by atoms with E-state index in [1.165, 1.54) is 49.3 Å². The number of nitrogens with zero attached hydrogens (tertiary/aromatic N) is 2. The third kappa shape index (κ3) is 3.27. The van der Waals surface area contributed by atoms with E-state index in [2.05, 4.69) is 29.3 Å². The molecular formula is C16H25N3. The molecule has 0 aromatic carbocycles. The van der Waals surface area contributed by atoms with Crippen molar-refractivity contribution in [1.82, 2.24) is 10.3 Å². The number of aromatic nitrogens is 1. The molecular weight excluding hydrogens is 234 g/mol. The van der Waals surface area contributed by atoms with Gasteiger partial charge >= 0.3 is 0 Å². The maximum absolute atomic E-state index is 4.87. The third-order valence-corrected chi connectivity index (χ3v) is 4.10. The molecule has 104 valence electrons. The number of nitrogens with one attached hydrogen (secondary N) is 1. The number of hydrogen-bond donors (Lipinski definition) is 1. The maximum Gasteiger partial charge on any atom is 0.129 e. The highest BCUT2D eigenvalue weighted by Crippen LogP contribution is 2.37. The van der Waals surface area contributed by atoms with Gasteiger partial charge in [0.2, 0.25) is 0 Å². The fourth-order valence-electron chi connectivity index (χ4n) is 2.66. The molecule has 1 aromatic rings. The van der Waals surface area contributed by atoms with Crippen LogP contribution in [-0.2, 0) is 13.0 Å². The van der Waals surface area contributed by atoms with Gasteiger partial charge < -0.3 is 10.2 Å². The Bertz CT molecular complexity index is 436. The van der Waals surface area contributed by atoms with Crippen molar-refractivity contribution in [2.24, 2.45) is 5.92 Å². The molecule has 2 fully saturated rings. The van der Waals surface area contributed by atoms with Gasteiger partial charge in [-0.25, -0.2) is 4.98 Å². The summed E-state index contributed by atoms with van der Waals surface area (Å²) < 4.78 is 0. The SMILES string of the molecule is CCc1cc(CNC)cc(N(CC2CC2)C2CC2)n1. The normalized spacial score (nSPS) is 18.6. The molecule has 19 heavy (non-hydrogen) atoms. The topological polar surface area (TPSA) is 28.2 Å². The number of aryl methyl sites for hydroxylation is 1. The molecule has 2 aliphatic carbocycles. The van der Waals surface area contributed by atoms with Gasteiger partial charge in [-0.2, -0.15) is 0 Å².